The Labute approximate surface area is 196 Å². The van der Waals surface area contributed by atoms with E-state index in [2.05, 4.69) is 26.0 Å². The highest BCUT2D eigenvalue weighted by Gasteiger charge is 2.29. The fourth-order valence-corrected chi connectivity index (χ4v) is 5.67. The van der Waals surface area contributed by atoms with Crippen LogP contribution >= 0.6 is 15.9 Å². The van der Waals surface area contributed by atoms with Gasteiger partial charge in [-0.2, -0.15) is 4.72 Å². The van der Waals surface area contributed by atoms with Gasteiger partial charge in [-0.15, -0.1) is 0 Å². The normalized spacial score (nSPS) is 12.4. The molecule has 0 fully saturated rings. The molecule has 3 aromatic carbocycles. The first-order chi connectivity index (χ1) is 15.1. The lowest BCUT2D eigenvalue weighted by atomic mass is 10.1. The highest BCUT2D eigenvalue weighted by Crippen LogP contribution is 2.23. The molecular weight excluding hydrogens is 495 g/mol. The third-order valence-electron chi connectivity index (χ3n) is 4.96. The van der Waals surface area contributed by atoms with Gasteiger partial charge in [0.05, 0.1) is 10.6 Å². The van der Waals surface area contributed by atoms with Crippen molar-refractivity contribution in [2.75, 3.05) is 5.32 Å². The maximum atomic E-state index is 14.3. The van der Waals surface area contributed by atoms with Crippen LogP contribution in [-0.2, 0) is 21.2 Å². The van der Waals surface area contributed by atoms with Crippen LogP contribution in [0.25, 0.3) is 0 Å². The zero-order valence-corrected chi connectivity index (χ0v) is 20.3. The van der Waals surface area contributed by atoms with Crippen LogP contribution < -0.4 is 10.0 Å². The second-order valence-corrected chi connectivity index (χ2v) is 10.3. The van der Waals surface area contributed by atoms with Crippen molar-refractivity contribution in [1.29, 1.82) is 0 Å². The number of carbonyl (C=O) groups excluding carboxylic acids is 1. The van der Waals surface area contributed by atoms with Gasteiger partial charge in [0.15, 0.2) is 0 Å². The smallest absolute Gasteiger partial charge is 0.242 e. The van der Waals surface area contributed by atoms with E-state index in [-0.39, 0.29) is 17.0 Å². The molecule has 0 aliphatic carbocycles. The number of sulfonamides is 1. The summed E-state index contributed by atoms with van der Waals surface area (Å²) in [6.07, 6.45) is 0.105. The van der Waals surface area contributed by atoms with Gasteiger partial charge in [-0.25, -0.2) is 12.8 Å². The maximum Gasteiger partial charge on any atom is 0.242 e. The van der Waals surface area contributed by atoms with Gasteiger partial charge in [0, 0.05) is 4.47 Å². The van der Waals surface area contributed by atoms with Crippen LogP contribution in [0.3, 0.4) is 0 Å². The van der Waals surface area contributed by atoms with Crippen LogP contribution in [0.2, 0.25) is 0 Å². The number of amides is 1. The van der Waals surface area contributed by atoms with Crippen LogP contribution in [0.1, 0.15) is 22.3 Å². The van der Waals surface area contributed by atoms with E-state index >= 15 is 0 Å². The fraction of sp³-hybridized carbons (Fsp3) is 0.208. The number of hydrogen-bond donors (Lipinski definition) is 2. The lowest BCUT2D eigenvalue weighted by Gasteiger charge is -2.21. The molecule has 0 spiro atoms. The maximum absolute atomic E-state index is 14.3. The lowest BCUT2D eigenvalue weighted by molar-refractivity contribution is -0.117. The average Bonchev–Trinajstić information content (AvgIpc) is 2.69. The molecule has 0 heterocycles. The topological polar surface area (TPSA) is 75.3 Å². The number of nitrogens with one attached hydrogen (secondary N) is 2. The van der Waals surface area contributed by atoms with Crippen molar-refractivity contribution in [1.82, 2.24) is 4.72 Å². The van der Waals surface area contributed by atoms with E-state index in [1.54, 1.807) is 44.2 Å². The first-order valence-corrected chi connectivity index (χ1v) is 12.2. The Balaban J connectivity index is 1.94. The molecule has 0 saturated heterocycles. The first-order valence-electron chi connectivity index (χ1n) is 9.97. The number of rotatable bonds is 7. The standard InChI is InChI=1S/C24H24BrFN2O3S/c1-15-11-16(2)23(17(3)12-15)32(30,31)28-22(13-18-7-5-4-6-8-18)24(29)27-21-10-9-19(25)14-20(21)26/h4-12,14,22,28H,13H2,1-3H3,(H,27,29)/t22-/m0/s1. The quantitative estimate of drug-likeness (QED) is 0.459. The molecular formula is C24H24BrFN2O3S. The minimum atomic E-state index is -4.02. The van der Waals surface area contributed by atoms with E-state index in [0.717, 1.165) is 11.1 Å². The Morgan fingerprint density at radius 1 is 1.00 bits per heavy atom. The zero-order chi connectivity index (χ0) is 23.5. The van der Waals surface area contributed by atoms with E-state index in [1.807, 2.05) is 25.1 Å². The molecule has 2 N–H and O–H groups in total. The number of carbonyl (C=O) groups is 1. The molecule has 168 valence electrons. The predicted molar refractivity (Wildman–Crippen MR) is 128 cm³/mol. The van der Waals surface area contributed by atoms with Crippen molar-refractivity contribution in [3.05, 3.63) is 93.2 Å². The summed E-state index contributed by atoms with van der Waals surface area (Å²) >= 11 is 3.18. The summed E-state index contributed by atoms with van der Waals surface area (Å²) in [6, 6.07) is 15.7. The largest absolute Gasteiger partial charge is 0.322 e. The molecule has 8 heteroatoms. The summed E-state index contributed by atoms with van der Waals surface area (Å²) in [4.78, 5) is 13.2. The fourth-order valence-electron chi connectivity index (χ4n) is 3.69. The third kappa shape index (κ3) is 5.82. The summed E-state index contributed by atoms with van der Waals surface area (Å²) in [5, 5.41) is 2.51. The van der Waals surface area contributed by atoms with E-state index < -0.39 is 27.8 Å². The molecule has 0 unspecified atom stereocenters. The van der Waals surface area contributed by atoms with Gasteiger partial charge >= 0.3 is 0 Å². The molecule has 0 aliphatic rings. The van der Waals surface area contributed by atoms with Gasteiger partial charge in [0.25, 0.3) is 0 Å². The van der Waals surface area contributed by atoms with Gasteiger partial charge in [-0.1, -0.05) is 64.0 Å². The summed E-state index contributed by atoms with van der Waals surface area (Å²) in [7, 11) is -4.02. The van der Waals surface area contributed by atoms with Gasteiger partial charge in [-0.05, 0) is 62.1 Å². The minimum absolute atomic E-state index is 0.0295. The number of hydrogen-bond acceptors (Lipinski definition) is 3. The van der Waals surface area contributed by atoms with Crippen LogP contribution in [0, 0.1) is 26.6 Å². The average molecular weight is 519 g/mol. The van der Waals surface area contributed by atoms with Crippen molar-refractivity contribution >= 4 is 37.5 Å². The van der Waals surface area contributed by atoms with Crippen LogP contribution in [-0.4, -0.2) is 20.4 Å². The van der Waals surface area contributed by atoms with E-state index in [0.29, 0.717) is 15.6 Å². The van der Waals surface area contributed by atoms with Crippen LogP contribution in [0.15, 0.2) is 70.0 Å². The highest BCUT2D eigenvalue weighted by molar-refractivity contribution is 9.10. The second kappa shape index (κ2) is 9.94. The molecule has 0 radical (unpaired) electrons. The van der Waals surface area contributed by atoms with E-state index in [4.69, 9.17) is 0 Å². The summed E-state index contributed by atoms with van der Waals surface area (Å²) in [5.74, 6) is -1.28. The number of halogens is 2. The van der Waals surface area contributed by atoms with Gasteiger partial charge in [0.1, 0.15) is 11.9 Å². The number of anilines is 1. The number of aryl methyl sites for hydroxylation is 3. The molecule has 3 aromatic rings. The molecule has 0 aromatic heterocycles. The van der Waals surface area contributed by atoms with Crippen molar-refractivity contribution in [3.63, 3.8) is 0 Å². The van der Waals surface area contributed by atoms with Crippen LogP contribution in [0.5, 0.6) is 0 Å². The Morgan fingerprint density at radius 3 is 2.22 bits per heavy atom. The zero-order valence-electron chi connectivity index (χ0n) is 17.9. The van der Waals surface area contributed by atoms with Crippen molar-refractivity contribution < 1.29 is 17.6 Å². The molecule has 3 rings (SSSR count). The molecule has 0 saturated carbocycles. The van der Waals surface area contributed by atoms with Gasteiger partial charge in [-0.3, -0.25) is 4.79 Å². The van der Waals surface area contributed by atoms with Crippen molar-refractivity contribution in [2.45, 2.75) is 38.1 Å². The second-order valence-electron chi connectivity index (χ2n) is 7.70. The Kier molecular flexibility index (Phi) is 7.48. The molecule has 0 aliphatic heterocycles. The minimum Gasteiger partial charge on any atom is -0.322 e. The first kappa shape index (κ1) is 24.1. The highest BCUT2D eigenvalue weighted by atomic mass is 79.9. The molecule has 1 atom stereocenters. The number of benzene rings is 3. The molecule has 0 bridgehead atoms. The summed E-state index contributed by atoms with van der Waals surface area (Å²) in [5.41, 5.74) is 2.87. The molecule has 5 nitrogen and oxygen atoms in total. The van der Waals surface area contributed by atoms with Crippen molar-refractivity contribution in [2.24, 2.45) is 0 Å². The Bertz CT molecular complexity index is 1220. The molecule has 32 heavy (non-hydrogen) atoms. The predicted octanol–water partition coefficient (Wildman–Crippen LogP) is 5.04. The SMILES string of the molecule is Cc1cc(C)c(S(=O)(=O)N[C@@H](Cc2ccccc2)C(=O)Nc2ccc(Br)cc2F)c(C)c1. The van der Waals surface area contributed by atoms with Crippen molar-refractivity contribution in [3.8, 4) is 0 Å². The van der Waals surface area contributed by atoms with Gasteiger partial charge in [0.2, 0.25) is 15.9 Å². The van der Waals surface area contributed by atoms with Crippen LogP contribution in [0.4, 0.5) is 10.1 Å². The third-order valence-corrected chi connectivity index (χ3v) is 7.23. The Morgan fingerprint density at radius 2 is 1.62 bits per heavy atom. The summed E-state index contributed by atoms with van der Waals surface area (Å²) < 4.78 is 43.9. The monoisotopic (exact) mass is 518 g/mol. The van der Waals surface area contributed by atoms with E-state index in [9.17, 15) is 17.6 Å². The Hall–Kier alpha value is -2.55. The molecule has 1 amide bonds. The van der Waals surface area contributed by atoms with Gasteiger partial charge < -0.3 is 5.32 Å². The lowest BCUT2D eigenvalue weighted by Crippen LogP contribution is -2.45. The summed E-state index contributed by atoms with van der Waals surface area (Å²) in [6.45, 7) is 5.33. The van der Waals surface area contributed by atoms with E-state index in [1.165, 1.54) is 12.1 Å².